The molecule has 5 rings (SSSR count). The zero-order valence-electron chi connectivity index (χ0n) is 19.7. The van der Waals surface area contributed by atoms with Crippen molar-refractivity contribution in [3.05, 3.63) is 60.3 Å². The number of aryl methyl sites for hydroxylation is 1. The Bertz CT molecular complexity index is 1150. The molecule has 3 aromatic rings. The van der Waals surface area contributed by atoms with Gasteiger partial charge in [0.25, 0.3) is 0 Å². The predicted octanol–water partition coefficient (Wildman–Crippen LogP) is 4.37. The summed E-state index contributed by atoms with van der Waals surface area (Å²) in [6, 6.07) is 16.1. The Labute approximate surface area is 200 Å². The molecular formula is C26H31N7O. The molecule has 1 aliphatic carbocycles. The largest absolute Gasteiger partial charge is 0.369 e. The molecule has 0 spiro atoms. The van der Waals surface area contributed by atoms with Gasteiger partial charge in [0.2, 0.25) is 11.9 Å². The molecule has 2 heterocycles. The lowest BCUT2D eigenvalue weighted by molar-refractivity contribution is -0.117. The molecule has 0 radical (unpaired) electrons. The molecule has 0 unspecified atom stereocenters. The molecule has 8 nitrogen and oxygen atoms in total. The summed E-state index contributed by atoms with van der Waals surface area (Å²) >= 11 is 0. The highest BCUT2D eigenvalue weighted by atomic mass is 16.2. The van der Waals surface area contributed by atoms with Crippen molar-refractivity contribution in [3.8, 4) is 0 Å². The number of anilines is 6. The first-order chi connectivity index (χ1) is 16.5. The van der Waals surface area contributed by atoms with Gasteiger partial charge < -0.3 is 25.8 Å². The lowest BCUT2D eigenvalue weighted by Crippen LogP contribution is -2.44. The number of benzene rings is 2. The first kappa shape index (κ1) is 22.2. The average molecular weight is 458 g/mol. The quantitative estimate of drug-likeness (QED) is 0.486. The number of likely N-dealkylation sites (N-methyl/N-ethyl adjacent to an activating group) is 1. The lowest BCUT2D eigenvalue weighted by atomic mass is 10.2. The zero-order chi connectivity index (χ0) is 23.5. The van der Waals surface area contributed by atoms with Crippen molar-refractivity contribution >= 4 is 40.4 Å². The molecule has 0 atom stereocenters. The van der Waals surface area contributed by atoms with Crippen molar-refractivity contribution < 1.29 is 4.79 Å². The van der Waals surface area contributed by atoms with Crippen LogP contribution in [0.15, 0.2) is 54.7 Å². The number of rotatable bonds is 7. The van der Waals surface area contributed by atoms with E-state index in [4.69, 9.17) is 0 Å². The predicted molar refractivity (Wildman–Crippen MR) is 137 cm³/mol. The summed E-state index contributed by atoms with van der Waals surface area (Å²) in [5.74, 6) is 1.52. The van der Waals surface area contributed by atoms with Crippen molar-refractivity contribution in [3.63, 3.8) is 0 Å². The molecule has 2 aliphatic rings. The molecule has 1 aliphatic heterocycles. The van der Waals surface area contributed by atoms with Crippen LogP contribution in [0.2, 0.25) is 0 Å². The molecule has 1 amide bonds. The van der Waals surface area contributed by atoms with Gasteiger partial charge in [-0.15, -0.1) is 0 Å². The fourth-order valence-corrected chi connectivity index (χ4v) is 3.98. The van der Waals surface area contributed by atoms with Crippen LogP contribution >= 0.6 is 0 Å². The number of aromatic nitrogens is 2. The van der Waals surface area contributed by atoms with Crippen LogP contribution in [0.1, 0.15) is 18.4 Å². The number of nitrogens with one attached hydrogen (secondary N) is 3. The highest BCUT2D eigenvalue weighted by Gasteiger charge is 2.29. The summed E-state index contributed by atoms with van der Waals surface area (Å²) in [6.45, 7) is 6.23. The Hall–Kier alpha value is -3.65. The third-order valence-electron chi connectivity index (χ3n) is 6.30. The van der Waals surface area contributed by atoms with E-state index in [1.54, 1.807) is 6.20 Å². The first-order valence-corrected chi connectivity index (χ1v) is 11.9. The van der Waals surface area contributed by atoms with Gasteiger partial charge in [0.15, 0.2) is 0 Å². The molecule has 1 saturated carbocycles. The van der Waals surface area contributed by atoms with Gasteiger partial charge in [0, 0.05) is 66.6 Å². The number of hydrogen-bond acceptors (Lipinski definition) is 7. The van der Waals surface area contributed by atoms with Crippen molar-refractivity contribution in [2.45, 2.75) is 19.8 Å². The Morgan fingerprint density at radius 2 is 1.68 bits per heavy atom. The van der Waals surface area contributed by atoms with Gasteiger partial charge in [0.05, 0.1) is 0 Å². The summed E-state index contributed by atoms with van der Waals surface area (Å²) < 4.78 is 0. The third kappa shape index (κ3) is 5.46. The third-order valence-corrected chi connectivity index (χ3v) is 6.30. The monoisotopic (exact) mass is 457 g/mol. The van der Waals surface area contributed by atoms with E-state index in [1.807, 2.05) is 31.2 Å². The van der Waals surface area contributed by atoms with Gasteiger partial charge in [-0.3, -0.25) is 4.79 Å². The Morgan fingerprint density at radius 3 is 2.41 bits per heavy atom. The van der Waals surface area contributed by atoms with Crippen molar-refractivity contribution in [1.29, 1.82) is 0 Å². The Kier molecular flexibility index (Phi) is 6.31. The van der Waals surface area contributed by atoms with E-state index in [0.717, 1.165) is 67.5 Å². The molecule has 1 saturated heterocycles. The van der Waals surface area contributed by atoms with Crippen LogP contribution in [-0.2, 0) is 4.79 Å². The van der Waals surface area contributed by atoms with Gasteiger partial charge in [-0.25, -0.2) is 4.98 Å². The SMILES string of the molecule is Cc1cnc(Nc2ccc(N3CCN(C)CC3)cc2)nc1Nc1cccc(NC(=O)C2CC2)c1. The van der Waals surface area contributed by atoms with Crippen LogP contribution in [0.25, 0.3) is 0 Å². The maximum absolute atomic E-state index is 12.1. The smallest absolute Gasteiger partial charge is 0.229 e. The summed E-state index contributed by atoms with van der Waals surface area (Å²) in [4.78, 5) is 26.0. The molecule has 2 fully saturated rings. The van der Waals surface area contributed by atoms with Crippen molar-refractivity contribution in [2.24, 2.45) is 5.92 Å². The highest BCUT2D eigenvalue weighted by molar-refractivity contribution is 5.94. The minimum Gasteiger partial charge on any atom is -0.369 e. The number of hydrogen-bond donors (Lipinski definition) is 3. The minimum absolute atomic E-state index is 0.0977. The van der Waals surface area contributed by atoms with E-state index in [-0.39, 0.29) is 11.8 Å². The van der Waals surface area contributed by atoms with Crippen molar-refractivity contribution in [2.75, 3.05) is 54.1 Å². The lowest BCUT2D eigenvalue weighted by Gasteiger charge is -2.34. The second-order valence-electron chi connectivity index (χ2n) is 9.16. The topological polar surface area (TPSA) is 85.4 Å². The molecule has 1 aromatic heterocycles. The van der Waals surface area contributed by atoms with Crippen LogP contribution in [0.3, 0.4) is 0 Å². The molecule has 3 N–H and O–H groups in total. The van der Waals surface area contributed by atoms with E-state index in [0.29, 0.717) is 5.95 Å². The first-order valence-electron chi connectivity index (χ1n) is 11.9. The molecular weight excluding hydrogens is 426 g/mol. The summed E-state index contributed by atoms with van der Waals surface area (Å²) in [6.07, 6.45) is 3.77. The van der Waals surface area contributed by atoms with Gasteiger partial charge in [0.1, 0.15) is 5.82 Å². The fourth-order valence-electron chi connectivity index (χ4n) is 3.98. The number of carbonyl (C=O) groups is 1. The molecule has 34 heavy (non-hydrogen) atoms. The van der Waals surface area contributed by atoms with Gasteiger partial charge in [-0.2, -0.15) is 4.98 Å². The molecule has 2 aromatic carbocycles. The molecule has 176 valence electrons. The van der Waals surface area contributed by atoms with E-state index < -0.39 is 0 Å². The van der Waals surface area contributed by atoms with Crippen LogP contribution in [0, 0.1) is 12.8 Å². The second kappa shape index (κ2) is 9.69. The van der Waals surface area contributed by atoms with E-state index in [1.165, 1.54) is 5.69 Å². The molecule has 8 heteroatoms. The van der Waals surface area contributed by atoms with E-state index in [9.17, 15) is 4.79 Å². The maximum atomic E-state index is 12.1. The standard InChI is InChI=1S/C26H31N7O/c1-18-17-27-26(30-20-8-10-23(11-9-20)33-14-12-32(2)13-15-33)31-24(18)28-21-4-3-5-22(16-21)29-25(34)19-6-7-19/h3-5,8-11,16-17,19H,6-7,12-15H2,1-2H3,(H,29,34)(H2,27,28,30,31). The molecule has 0 bridgehead atoms. The average Bonchev–Trinajstić information content (AvgIpc) is 3.68. The number of nitrogens with zero attached hydrogens (tertiary/aromatic N) is 4. The second-order valence-corrected chi connectivity index (χ2v) is 9.16. The van der Waals surface area contributed by atoms with E-state index in [2.05, 4.69) is 67.0 Å². The summed E-state index contributed by atoms with van der Waals surface area (Å²) in [5, 5.41) is 9.65. The van der Waals surface area contributed by atoms with Gasteiger partial charge >= 0.3 is 0 Å². The zero-order valence-corrected chi connectivity index (χ0v) is 19.7. The number of carbonyl (C=O) groups excluding carboxylic acids is 1. The van der Waals surface area contributed by atoms with Crippen molar-refractivity contribution in [1.82, 2.24) is 14.9 Å². The number of piperazine rings is 1. The van der Waals surface area contributed by atoms with E-state index >= 15 is 0 Å². The highest BCUT2D eigenvalue weighted by Crippen LogP contribution is 2.31. The van der Waals surface area contributed by atoms with Crippen LogP contribution in [0.5, 0.6) is 0 Å². The van der Waals surface area contributed by atoms with Crippen LogP contribution < -0.4 is 20.9 Å². The summed E-state index contributed by atoms with van der Waals surface area (Å²) in [7, 11) is 2.17. The van der Waals surface area contributed by atoms with Gasteiger partial charge in [-0.05, 0) is 69.3 Å². The Balaban J connectivity index is 1.24. The van der Waals surface area contributed by atoms with Crippen LogP contribution in [-0.4, -0.2) is 54.0 Å². The number of amides is 1. The minimum atomic E-state index is 0.0977. The Morgan fingerprint density at radius 1 is 0.941 bits per heavy atom. The van der Waals surface area contributed by atoms with Crippen LogP contribution in [0.4, 0.5) is 34.5 Å². The summed E-state index contributed by atoms with van der Waals surface area (Å²) in [5.41, 5.74) is 4.76. The normalized spacial score (nSPS) is 16.2. The fraction of sp³-hybridized carbons (Fsp3) is 0.346. The maximum Gasteiger partial charge on any atom is 0.229 e. The van der Waals surface area contributed by atoms with Gasteiger partial charge in [-0.1, -0.05) is 6.07 Å².